The molecule has 3 rings (SSSR count). The molecule has 6 nitrogen and oxygen atoms in total. The summed E-state index contributed by atoms with van der Waals surface area (Å²) >= 11 is 0. The Morgan fingerprint density at radius 2 is 2.00 bits per heavy atom. The van der Waals surface area contributed by atoms with Crippen LogP contribution < -0.4 is 5.73 Å². The summed E-state index contributed by atoms with van der Waals surface area (Å²) < 4.78 is 6.99. The third kappa shape index (κ3) is 2.46. The van der Waals surface area contributed by atoms with Crippen molar-refractivity contribution >= 4 is 0 Å². The molecule has 0 amide bonds. The molecule has 102 valence electrons. The van der Waals surface area contributed by atoms with E-state index in [1.54, 1.807) is 10.9 Å². The number of aryl methyl sites for hydroxylation is 1. The maximum atomic E-state index is 5.53. The second-order valence-corrected chi connectivity index (χ2v) is 4.56. The van der Waals surface area contributed by atoms with Gasteiger partial charge < -0.3 is 10.3 Å². The van der Waals surface area contributed by atoms with Gasteiger partial charge in [-0.05, 0) is 30.7 Å². The highest BCUT2D eigenvalue weighted by Crippen LogP contribution is 2.22. The van der Waals surface area contributed by atoms with Crippen molar-refractivity contribution in [3.8, 4) is 22.8 Å². The lowest BCUT2D eigenvalue weighted by Gasteiger charge is -1.98. The smallest absolute Gasteiger partial charge is 0.258 e. The van der Waals surface area contributed by atoms with Crippen LogP contribution in [0.15, 0.2) is 41.2 Å². The molecule has 3 aromatic rings. The Bertz CT molecular complexity index is 698. The Morgan fingerprint density at radius 3 is 2.65 bits per heavy atom. The maximum absolute atomic E-state index is 5.53. The van der Waals surface area contributed by atoms with Crippen LogP contribution >= 0.6 is 0 Å². The van der Waals surface area contributed by atoms with E-state index in [9.17, 15) is 0 Å². The average Bonchev–Trinajstić information content (AvgIpc) is 3.09. The van der Waals surface area contributed by atoms with Crippen LogP contribution in [0.3, 0.4) is 0 Å². The van der Waals surface area contributed by atoms with E-state index < -0.39 is 0 Å². The first-order valence-corrected chi connectivity index (χ1v) is 6.38. The molecule has 0 aliphatic heterocycles. The van der Waals surface area contributed by atoms with Gasteiger partial charge in [0.15, 0.2) is 0 Å². The second-order valence-electron chi connectivity index (χ2n) is 4.56. The van der Waals surface area contributed by atoms with Crippen LogP contribution in [0.4, 0.5) is 0 Å². The van der Waals surface area contributed by atoms with E-state index in [0.717, 1.165) is 17.5 Å². The zero-order valence-electron chi connectivity index (χ0n) is 11.2. The van der Waals surface area contributed by atoms with Crippen LogP contribution in [0, 0.1) is 0 Å². The van der Waals surface area contributed by atoms with Crippen molar-refractivity contribution in [3.05, 3.63) is 42.2 Å². The number of hydrogen-bond acceptors (Lipinski definition) is 5. The fourth-order valence-corrected chi connectivity index (χ4v) is 1.98. The topological polar surface area (TPSA) is 82.8 Å². The molecule has 0 saturated carbocycles. The van der Waals surface area contributed by atoms with Crippen molar-refractivity contribution < 1.29 is 4.52 Å². The van der Waals surface area contributed by atoms with Crippen molar-refractivity contribution in [1.29, 1.82) is 0 Å². The average molecular weight is 269 g/mol. The summed E-state index contributed by atoms with van der Waals surface area (Å²) in [5, 5.41) is 8.07. The third-order valence-electron chi connectivity index (χ3n) is 3.02. The van der Waals surface area contributed by atoms with Crippen molar-refractivity contribution in [2.24, 2.45) is 12.8 Å². The summed E-state index contributed by atoms with van der Waals surface area (Å²) in [5.74, 6) is 1.04. The fourth-order valence-electron chi connectivity index (χ4n) is 1.98. The minimum Gasteiger partial charge on any atom is -0.334 e. The molecule has 1 aromatic carbocycles. The molecule has 2 aromatic heterocycles. The first kappa shape index (κ1) is 12.6. The summed E-state index contributed by atoms with van der Waals surface area (Å²) in [7, 11) is 1.85. The van der Waals surface area contributed by atoms with E-state index in [2.05, 4.69) is 15.2 Å². The molecule has 2 N–H and O–H groups in total. The monoisotopic (exact) mass is 269 g/mol. The normalized spacial score (nSPS) is 10.9. The maximum Gasteiger partial charge on any atom is 0.258 e. The molecule has 0 bridgehead atoms. The van der Waals surface area contributed by atoms with E-state index in [1.807, 2.05) is 37.5 Å². The highest BCUT2D eigenvalue weighted by atomic mass is 16.5. The number of nitrogens with zero attached hydrogens (tertiary/aromatic N) is 4. The summed E-state index contributed by atoms with van der Waals surface area (Å²) in [6.07, 6.45) is 4.42. The first-order chi connectivity index (χ1) is 9.76. The molecular formula is C14H15N5O. The van der Waals surface area contributed by atoms with Gasteiger partial charge in [-0.3, -0.25) is 4.68 Å². The van der Waals surface area contributed by atoms with Crippen LogP contribution in [0.25, 0.3) is 22.8 Å². The zero-order valence-corrected chi connectivity index (χ0v) is 11.2. The third-order valence-corrected chi connectivity index (χ3v) is 3.02. The fraction of sp³-hybridized carbons (Fsp3) is 0.214. The Balaban J connectivity index is 1.86. The highest BCUT2D eigenvalue weighted by molar-refractivity contribution is 5.58. The molecule has 0 aliphatic carbocycles. The van der Waals surface area contributed by atoms with Gasteiger partial charge in [0.2, 0.25) is 5.82 Å². The Labute approximate surface area is 116 Å². The van der Waals surface area contributed by atoms with Gasteiger partial charge in [0, 0.05) is 18.8 Å². The molecule has 6 heteroatoms. The summed E-state index contributed by atoms with van der Waals surface area (Å²) in [6.45, 7) is 0.644. The molecule has 0 saturated heterocycles. The van der Waals surface area contributed by atoms with Gasteiger partial charge in [-0.15, -0.1) is 0 Å². The van der Waals surface area contributed by atoms with Crippen LogP contribution in [0.2, 0.25) is 0 Å². The van der Waals surface area contributed by atoms with Gasteiger partial charge in [-0.1, -0.05) is 17.3 Å². The van der Waals surface area contributed by atoms with Gasteiger partial charge in [-0.25, -0.2) is 0 Å². The van der Waals surface area contributed by atoms with E-state index >= 15 is 0 Å². The number of nitrogens with two attached hydrogens (primary N) is 1. The van der Waals surface area contributed by atoms with Gasteiger partial charge in [0.1, 0.15) is 0 Å². The number of benzene rings is 1. The quantitative estimate of drug-likeness (QED) is 0.778. The van der Waals surface area contributed by atoms with E-state index in [4.69, 9.17) is 10.3 Å². The van der Waals surface area contributed by atoms with Gasteiger partial charge in [0.25, 0.3) is 5.89 Å². The molecular weight excluding hydrogens is 254 g/mol. The van der Waals surface area contributed by atoms with Gasteiger partial charge in [0.05, 0.1) is 11.8 Å². The summed E-state index contributed by atoms with van der Waals surface area (Å²) in [4.78, 5) is 4.38. The minimum atomic E-state index is 0.503. The molecule has 0 radical (unpaired) electrons. The standard InChI is InChI=1S/C14H15N5O/c1-19-9-12(8-16-19)13-17-14(20-18-13)11-4-2-10(3-5-11)6-7-15/h2-5,8-9H,6-7,15H2,1H3. The molecule has 0 atom stereocenters. The van der Waals surface area contributed by atoms with Crippen molar-refractivity contribution in [2.75, 3.05) is 6.54 Å². The molecule has 2 heterocycles. The van der Waals surface area contributed by atoms with Crippen molar-refractivity contribution in [3.63, 3.8) is 0 Å². The first-order valence-electron chi connectivity index (χ1n) is 6.38. The molecule has 0 aliphatic rings. The lowest BCUT2D eigenvalue weighted by Crippen LogP contribution is -2.02. The largest absolute Gasteiger partial charge is 0.334 e. The van der Waals surface area contributed by atoms with Crippen LogP contribution in [0.1, 0.15) is 5.56 Å². The van der Waals surface area contributed by atoms with Gasteiger partial charge >= 0.3 is 0 Å². The van der Waals surface area contributed by atoms with Crippen molar-refractivity contribution in [2.45, 2.75) is 6.42 Å². The SMILES string of the molecule is Cn1cc(-c2noc(-c3ccc(CCN)cc3)n2)cn1. The van der Waals surface area contributed by atoms with E-state index in [0.29, 0.717) is 18.3 Å². The summed E-state index contributed by atoms with van der Waals surface area (Å²) in [5.41, 5.74) is 8.46. The Morgan fingerprint density at radius 1 is 1.20 bits per heavy atom. The number of hydrogen-bond donors (Lipinski definition) is 1. The van der Waals surface area contributed by atoms with Crippen LogP contribution in [-0.4, -0.2) is 26.5 Å². The van der Waals surface area contributed by atoms with E-state index in [-0.39, 0.29) is 0 Å². The lowest BCUT2D eigenvalue weighted by molar-refractivity contribution is 0.432. The zero-order chi connectivity index (χ0) is 13.9. The minimum absolute atomic E-state index is 0.503. The highest BCUT2D eigenvalue weighted by Gasteiger charge is 2.11. The Hall–Kier alpha value is -2.47. The lowest BCUT2D eigenvalue weighted by atomic mass is 10.1. The molecule has 20 heavy (non-hydrogen) atoms. The Kier molecular flexibility index (Phi) is 3.30. The van der Waals surface area contributed by atoms with Crippen LogP contribution in [-0.2, 0) is 13.5 Å². The second kappa shape index (κ2) is 5.26. The summed E-state index contributed by atoms with van der Waals surface area (Å²) in [6, 6.07) is 7.98. The van der Waals surface area contributed by atoms with Gasteiger partial charge in [-0.2, -0.15) is 10.1 Å². The van der Waals surface area contributed by atoms with Crippen LogP contribution in [0.5, 0.6) is 0 Å². The van der Waals surface area contributed by atoms with E-state index in [1.165, 1.54) is 5.56 Å². The predicted octanol–water partition coefficient (Wildman–Crippen LogP) is 1.64. The molecule has 0 spiro atoms. The number of aromatic nitrogens is 4. The predicted molar refractivity (Wildman–Crippen MR) is 74.7 cm³/mol. The number of rotatable bonds is 4. The van der Waals surface area contributed by atoms with Crippen molar-refractivity contribution in [1.82, 2.24) is 19.9 Å². The molecule has 0 unspecified atom stereocenters. The molecule has 0 fully saturated rings.